The maximum atomic E-state index is 12.5. The Hall–Kier alpha value is -1.93. The molecule has 114 valence electrons. The van der Waals surface area contributed by atoms with Crippen molar-refractivity contribution in [2.45, 2.75) is 29.7 Å². The standard InChI is InChI=1S/C17H14F3NS/c18-17(19,20)22-16-9-8-14(10-11-21)15(12-16)7-6-13-4-2-1-3-5-13/h1-5,8-9,12H,6-7,10H2. The van der Waals surface area contributed by atoms with Gasteiger partial charge in [-0.3, -0.25) is 0 Å². The number of halogens is 3. The van der Waals surface area contributed by atoms with Crippen molar-refractivity contribution in [2.24, 2.45) is 0 Å². The lowest BCUT2D eigenvalue weighted by molar-refractivity contribution is -0.0328. The monoisotopic (exact) mass is 321 g/mol. The van der Waals surface area contributed by atoms with Gasteiger partial charge in [0.1, 0.15) is 0 Å². The maximum Gasteiger partial charge on any atom is 0.446 e. The van der Waals surface area contributed by atoms with Gasteiger partial charge in [0.05, 0.1) is 12.5 Å². The summed E-state index contributed by atoms with van der Waals surface area (Å²) in [6, 6.07) is 16.4. The Balaban J connectivity index is 2.18. The molecule has 0 saturated carbocycles. The Morgan fingerprint density at radius 3 is 2.32 bits per heavy atom. The van der Waals surface area contributed by atoms with Crippen LogP contribution in [0.25, 0.3) is 0 Å². The molecule has 0 radical (unpaired) electrons. The van der Waals surface area contributed by atoms with Crippen LogP contribution in [0.4, 0.5) is 13.2 Å². The molecule has 0 fully saturated rings. The van der Waals surface area contributed by atoms with Crippen molar-refractivity contribution in [1.82, 2.24) is 0 Å². The number of rotatable bonds is 5. The van der Waals surface area contributed by atoms with E-state index < -0.39 is 5.51 Å². The smallest absolute Gasteiger partial charge is 0.198 e. The average Bonchev–Trinajstić information content (AvgIpc) is 2.47. The summed E-state index contributed by atoms with van der Waals surface area (Å²) >= 11 is -0.120. The number of nitriles is 1. The summed E-state index contributed by atoms with van der Waals surface area (Å²) in [4.78, 5) is 0.164. The van der Waals surface area contributed by atoms with E-state index in [0.29, 0.717) is 6.42 Å². The minimum atomic E-state index is -4.30. The predicted molar refractivity (Wildman–Crippen MR) is 81.5 cm³/mol. The summed E-state index contributed by atoms with van der Waals surface area (Å²) in [6.45, 7) is 0. The number of alkyl halides is 3. The molecule has 0 aliphatic rings. The molecule has 0 aliphatic heterocycles. The lowest BCUT2D eigenvalue weighted by Gasteiger charge is -2.11. The molecule has 2 rings (SSSR count). The highest BCUT2D eigenvalue weighted by Gasteiger charge is 2.29. The first-order valence-corrected chi connectivity index (χ1v) is 7.58. The number of hydrogen-bond donors (Lipinski definition) is 0. The number of nitrogens with zero attached hydrogens (tertiary/aromatic N) is 1. The molecular weight excluding hydrogens is 307 g/mol. The molecule has 22 heavy (non-hydrogen) atoms. The highest BCUT2D eigenvalue weighted by molar-refractivity contribution is 8.00. The van der Waals surface area contributed by atoms with Crippen LogP contribution in [0.2, 0.25) is 0 Å². The minimum Gasteiger partial charge on any atom is -0.198 e. The fraction of sp³-hybridized carbons (Fsp3) is 0.235. The zero-order chi connectivity index (χ0) is 16.0. The molecule has 0 saturated heterocycles. The lowest BCUT2D eigenvalue weighted by atomic mass is 9.98. The molecule has 0 N–H and O–H groups in total. The molecule has 0 amide bonds. The first kappa shape index (κ1) is 16.4. The van der Waals surface area contributed by atoms with E-state index in [1.54, 1.807) is 12.1 Å². The number of hydrogen-bond acceptors (Lipinski definition) is 2. The summed E-state index contributed by atoms with van der Waals surface area (Å²) in [7, 11) is 0. The predicted octanol–water partition coefficient (Wildman–Crippen LogP) is 5.15. The summed E-state index contributed by atoms with van der Waals surface area (Å²) in [5, 5.41) is 8.85. The largest absolute Gasteiger partial charge is 0.446 e. The first-order valence-electron chi connectivity index (χ1n) is 6.76. The normalized spacial score (nSPS) is 11.2. The Bertz CT molecular complexity index is 660. The molecule has 2 aromatic rings. The van der Waals surface area contributed by atoms with Crippen LogP contribution >= 0.6 is 11.8 Å². The molecule has 0 aromatic heterocycles. The molecule has 0 spiro atoms. The third kappa shape index (κ3) is 5.12. The van der Waals surface area contributed by atoms with E-state index in [2.05, 4.69) is 6.07 Å². The molecule has 0 aliphatic carbocycles. The van der Waals surface area contributed by atoms with Gasteiger partial charge >= 0.3 is 5.51 Å². The van der Waals surface area contributed by atoms with Gasteiger partial charge in [-0.05, 0) is 53.4 Å². The van der Waals surface area contributed by atoms with Crippen LogP contribution in [0.5, 0.6) is 0 Å². The molecule has 0 unspecified atom stereocenters. The Morgan fingerprint density at radius 1 is 0.955 bits per heavy atom. The summed E-state index contributed by atoms with van der Waals surface area (Å²) in [6.07, 6.45) is 1.56. The number of thioether (sulfide) groups is 1. The van der Waals surface area contributed by atoms with Gasteiger partial charge in [-0.1, -0.05) is 36.4 Å². The van der Waals surface area contributed by atoms with Crippen molar-refractivity contribution in [3.05, 3.63) is 65.2 Å². The zero-order valence-electron chi connectivity index (χ0n) is 11.7. The van der Waals surface area contributed by atoms with E-state index in [0.717, 1.165) is 23.1 Å². The van der Waals surface area contributed by atoms with Crippen LogP contribution < -0.4 is 0 Å². The van der Waals surface area contributed by atoms with Gasteiger partial charge < -0.3 is 0 Å². The van der Waals surface area contributed by atoms with Gasteiger partial charge in [-0.25, -0.2) is 0 Å². The molecule has 1 nitrogen and oxygen atoms in total. The van der Waals surface area contributed by atoms with Gasteiger partial charge in [0.25, 0.3) is 0 Å². The van der Waals surface area contributed by atoms with Gasteiger partial charge in [0.2, 0.25) is 0 Å². The van der Waals surface area contributed by atoms with E-state index in [1.165, 1.54) is 6.07 Å². The van der Waals surface area contributed by atoms with Crippen LogP contribution in [-0.4, -0.2) is 5.51 Å². The fourth-order valence-corrected chi connectivity index (χ4v) is 2.82. The van der Waals surface area contributed by atoms with E-state index >= 15 is 0 Å². The fourth-order valence-electron chi connectivity index (χ4n) is 2.21. The third-order valence-corrected chi connectivity index (χ3v) is 3.93. The summed E-state index contributed by atoms with van der Waals surface area (Å²) in [5.74, 6) is 0. The van der Waals surface area contributed by atoms with E-state index in [9.17, 15) is 13.2 Å². The second-order valence-corrected chi connectivity index (χ2v) is 5.94. The summed E-state index contributed by atoms with van der Waals surface area (Å²) < 4.78 is 37.4. The maximum absolute atomic E-state index is 12.5. The average molecular weight is 321 g/mol. The van der Waals surface area contributed by atoms with Crippen LogP contribution in [0, 0.1) is 11.3 Å². The third-order valence-electron chi connectivity index (χ3n) is 3.21. The van der Waals surface area contributed by atoms with Crippen molar-refractivity contribution >= 4 is 11.8 Å². The van der Waals surface area contributed by atoms with E-state index in [4.69, 9.17) is 5.26 Å². The SMILES string of the molecule is N#CCc1ccc(SC(F)(F)F)cc1CCc1ccccc1. The Kier molecular flexibility index (Phi) is 5.51. The van der Waals surface area contributed by atoms with Crippen LogP contribution in [0.3, 0.4) is 0 Å². The Morgan fingerprint density at radius 2 is 1.68 bits per heavy atom. The highest BCUT2D eigenvalue weighted by atomic mass is 32.2. The highest BCUT2D eigenvalue weighted by Crippen LogP contribution is 2.37. The number of aryl methyl sites for hydroxylation is 2. The van der Waals surface area contributed by atoms with Gasteiger partial charge in [0.15, 0.2) is 0 Å². The quantitative estimate of drug-likeness (QED) is 0.711. The zero-order valence-corrected chi connectivity index (χ0v) is 12.5. The van der Waals surface area contributed by atoms with Gasteiger partial charge in [0, 0.05) is 4.90 Å². The molecule has 2 aromatic carbocycles. The summed E-state index contributed by atoms with van der Waals surface area (Å²) in [5.41, 5.74) is -1.57. The molecule has 0 atom stereocenters. The lowest BCUT2D eigenvalue weighted by Crippen LogP contribution is -2.01. The second-order valence-electron chi connectivity index (χ2n) is 4.80. The number of benzene rings is 2. The van der Waals surface area contributed by atoms with Crippen molar-refractivity contribution in [3.63, 3.8) is 0 Å². The van der Waals surface area contributed by atoms with Crippen molar-refractivity contribution < 1.29 is 13.2 Å². The van der Waals surface area contributed by atoms with Crippen molar-refractivity contribution in [2.75, 3.05) is 0 Å². The van der Waals surface area contributed by atoms with E-state index in [-0.39, 0.29) is 23.1 Å². The van der Waals surface area contributed by atoms with Gasteiger partial charge in [-0.15, -0.1) is 0 Å². The molecular formula is C17H14F3NS. The Labute approximate surface area is 131 Å². The van der Waals surface area contributed by atoms with Crippen molar-refractivity contribution in [1.29, 1.82) is 5.26 Å². The molecule has 0 heterocycles. The van der Waals surface area contributed by atoms with E-state index in [1.807, 2.05) is 30.3 Å². The topological polar surface area (TPSA) is 23.8 Å². The van der Waals surface area contributed by atoms with Crippen LogP contribution in [0.1, 0.15) is 16.7 Å². The second kappa shape index (κ2) is 7.37. The van der Waals surface area contributed by atoms with Gasteiger partial charge in [-0.2, -0.15) is 18.4 Å². The van der Waals surface area contributed by atoms with Crippen LogP contribution in [-0.2, 0) is 19.3 Å². The first-order chi connectivity index (χ1) is 10.5. The van der Waals surface area contributed by atoms with Crippen molar-refractivity contribution in [3.8, 4) is 6.07 Å². The van der Waals surface area contributed by atoms with Crippen LogP contribution in [0.15, 0.2) is 53.4 Å². The minimum absolute atomic E-state index is 0.120. The molecule has 0 bridgehead atoms. The molecule has 5 heteroatoms.